The lowest BCUT2D eigenvalue weighted by molar-refractivity contribution is 0.0583. The van der Waals surface area contributed by atoms with Crippen molar-refractivity contribution in [2.24, 2.45) is 5.73 Å². The Kier molecular flexibility index (Phi) is 21.7. The molecule has 0 saturated carbocycles. The van der Waals surface area contributed by atoms with E-state index in [2.05, 4.69) is 12.2 Å². The van der Waals surface area contributed by atoms with Crippen LogP contribution in [0.15, 0.2) is 0 Å². The first-order chi connectivity index (χ1) is 12.5. The van der Waals surface area contributed by atoms with Gasteiger partial charge < -0.3 is 33.2 Å². The molecule has 0 saturated heterocycles. The first-order valence-corrected chi connectivity index (χ1v) is 13.5. The van der Waals surface area contributed by atoms with Gasteiger partial charge in [-0.1, -0.05) is 19.8 Å². The highest BCUT2D eigenvalue weighted by Crippen LogP contribution is 2.17. The van der Waals surface area contributed by atoms with Gasteiger partial charge >= 0.3 is 18.1 Å². The maximum absolute atomic E-state index is 5.79. The molecule has 0 aliphatic heterocycles. The fraction of sp³-hybridized carbons (Fsp3) is 1.00. The molecule has 26 heavy (non-hydrogen) atoms. The van der Waals surface area contributed by atoms with Crippen LogP contribution in [0.4, 0.5) is 0 Å². The normalized spacial score (nSPS) is 12.8. The van der Waals surface area contributed by atoms with Crippen LogP contribution in [0, 0.1) is 0 Å². The lowest BCUT2D eigenvalue weighted by Crippen LogP contribution is -2.61. The molecular formula is C17H44N2O5Si2. The van der Waals surface area contributed by atoms with Gasteiger partial charge in [0.2, 0.25) is 0 Å². The molecule has 7 nitrogen and oxygen atoms in total. The third-order valence-corrected chi connectivity index (χ3v) is 9.44. The van der Waals surface area contributed by atoms with Gasteiger partial charge in [-0.15, -0.1) is 0 Å². The zero-order valence-electron chi connectivity index (χ0n) is 18.1. The van der Waals surface area contributed by atoms with Crippen LogP contribution >= 0.6 is 0 Å². The Hall–Kier alpha value is 0.154. The minimum atomic E-state index is -2.54. The van der Waals surface area contributed by atoms with Crippen molar-refractivity contribution >= 4 is 18.1 Å². The fourth-order valence-electron chi connectivity index (χ4n) is 2.63. The Morgan fingerprint density at radius 3 is 1.69 bits per heavy atom. The van der Waals surface area contributed by atoms with Gasteiger partial charge in [-0.2, -0.15) is 0 Å². The molecule has 0 heterocycles. The molecule has 9 heteroatoms. The minimum Gasteiger partial charge on any atom is -0.400 e. The number of nitrogens with one attached hydrogen (secondary N) is 1. The highest BCUT2D eigenvalue weighted by Gasteiger charge is 2.47. The molecule has 0 radical (unpaired) electrons. The van der Waals surface area contributed by atoms with E-state index >= 15 is 0 Å². The van der Waals surface area contributed by atoms with E-state index in [1.807, 2.05) is 27.8 Å². The van der Waals surface area contributed by atoms with Crippen LogP contribution in [0.1, 0.15) is 53.4 Å². The summed E-state index contributed by atoms with van der Waals surface area (Å²) in [6, 6.07) is 1.10. The molecule has 0 spiro atoms. The van der Waals surface area contributed by atoms with Crippen molar-refractivity contribution in [2.45, 2.75) is 65.1 Å². The van der Waals surface area contributed by atoms with E-state index in [4.69, 9.17) is 27.9 Å². The van der Waals surface area contributed by atoms with Crippen LogP contribution in [0.5, 0.6) is 0 Å². The number of rotatable bonds is 16. The molecule has 0 amide bonds. The summed E-state index contributed by atoms with van der Waals surface area (Å²) in [4.78, 5) is 0. The zero-order chi connectivity index (χ0) is 20.3. The van der Waals surface area contributed by atoms with E-state index in [-0.39, 0.29) is 5.67 Å². The molecule has 0 aliphatic rings. The predicted octanol–water partition coefficient (Wildman–Crippen LogP) is 2.20. The molecule has 0 bridgehead atoms. The lowest BCUT2D eigenvalue weighted by atomic mass is 10.2. The van der Waals surface area contributed by atoms with Gasteiger partial charge in [-0.05, 0) is 53.2 Å². The maximum Gasteiger partial charge on any atom is 0.518 e. The summed E-state index contributed by atoms with van der Waals surface area (Å²) >= 11 is 0. The van der Waals surface area contributed by atoms with Crippen LogP contribution in [0.3, 0.4) is 0 Å². The summed E-state index contributed by atoms with van der Waals surface area (Å²) in [5, 5.41) is 3.23. The summed E-state index contributed by atoms with van der Waals surface area (Å²) in [5.74, 6) is 0. The van der Waals surface area contributed by atoms with Gasteiger partial charge in [-0.25, -0.2) is 0 Å². The van der Waals surface area contributed by atoms with E-state index < -0.39 is 18.1 Å². The Balaban J connectivity index is 0. The second kappa shape index (κ2) is 19.9. The maximum atomic E-state index is 5.79. The zero-order valence-corrected chi connectivity index (χ0v) is 20.3. The molecule has 0 rings (SSSR count). The summed E-state index contributed by atoms with van der Waals surface area (Å²) in [6.45, 7) is 10.7. The van der Waals surface area contributed by atoms with Crippen LogP contribution in [-0.4, -0.2) is 71.4 Å². The van der Waals surface area contributed by atoms with E-state index in [0.29, 0.717) is 19.8 Å². The monoisotopic (exact) mass is 412 g/mol. The third kappa shape index (κ3) is 12.5. The molecule has 0 aromatic heterocycles. The number of nitrogens with two attached hydrogens (primary N) is 1. The van der Waals surface area contributed by atoms with E-state index in [9.17, 15) is 0 Å². The molecule has 0 aliphatic carbocycles. The van der Waals surface area contributed by atoms with Gasteiger partial charge in [-0.3, -0.25) is 0 Å². The largest absolute Gasteiger partial charge is 0.518 e. The van der Waals surface area contributed by atoms with E-state index in [0.717, 1.165) is 25.4 Å². The van der Waals surface area contributed by atoms with Crippen molar-refractivity contribution in [2.75, 3.05) is 47.6 Å². The molecule has 0 aromatic carbocycles. The van der Waals surface area contributed by atoms with Crippen molar-refractivity contribution < 1.29 is 22.1 Å². The SMILES string of the molecule is CCO[Si](OCC)(OCC)C(CC)NC.CO[SiH](CCCCCN)OC. The predicted molar refractivity (Wildman–Crippen MR) is 113 cm³/mol. The topological polar surface area (TPSA) is 84.2 Å². The first-order valence-electron chi connectivity index (χ1n) is 9.90. The fourth-order valence-corrected chi connectivity index (χ4v) is 6.83. The third-order valence-electron chi connectivity index (χ3n) is 3.89. The first kappa shape index (κ1) is 28.4. The lowest BCUT2D eigenvalue weighted by Gasteiger charge is -2.34. The van der Waals surface area contributed by atoms with Gasteiger partial charge in [0.15, 0.2) is 0 Å². The van der Waals surface area contributed by atoms with Crippen LogP contribution in [-0.2, 0) is 22.1 Å². The number of hydrogen-bond acceptors (Lipinski definition) is 7. The van der Waals surface area contributed by atoms with Crippen LogP contribution in [0.25, 0.3) is 0 Å². The van der Waals surface area contributed by atoms with Crippen molar-refractivity contribution in [3.63, 3.8) is 0 Å². The Labute approximate surface area is 164 Å². The van der Waals surface area contributed by atoms with E-state index in [1.54, 1.807) is 14.2 Å². The molecule has 3 N–H and O–H groups in total. The highest BCUT2D eigenvalue weighted by molar-refractivity contribution is 6.62. The van der Waals surface area contributed by atoms with Gasteiger partial charge in [0.1, 0.15) is 0 Å². The molecule has 0 fully saturated rings. The quantitative estimate of drug-likeness (QED) is 0.297. The summed E-state index contributed by atoms with van der Waals surface area (Å²) in [7, 11) is 1.56. The standard InChI is InChI=1S/C10H25NO3Si.C7H19NO2Si/c1-6-10(11-5)15(12-7-2,13-8-3)14-9-4;1-9-11(10-2)7-5-3-4-6-8/h10-11H,6-9H2,1-5H3;11H,3-8H2,1-2H3. The summed E-state index contributed by atoms with van der Waals surface area (Å²) in [5.41, 5.74) is 5.54. The number of unbranched alkanes of at least 4 members (excludes halogenated alkanes) is 2. The Morgan fingerprint density at radius 1 is 0.885 bits per heavy atom. The molecular weight excluding hydrogens is 368 g/mol. The van der Waals surface area contributed by atoms with Crippen molar-refractivity contribution in [1.82, 2.24) is 5.32 Å². The minimum absolute atomic E-state index is 0.178. The molecule has 1 atom stereocenters. The summed E-state index contributed by atoms with van der Waals surface area (Å²) in [6.07, 6.45) is 4.46. The van der Waals surface area contributed by atoms with Crippen molar-refractivity contribution in [1.29, 1.82) is 0 Å². The van der Waals surface area contributed by atoms with Crippen LogP contribution < -0.4 is 11.1 Å². The van der Waals surface area contributed by atoms with Gasteiger partial charge in [0.05, 0.1) is 5.67 Å². The van der Waals surface area contributed by atoms with Gasteiger partial charge in [0, 0.05) is 34.0 Å². The Bertz CT molecular complexity index is 267. The molecule has 160 valence electrons. The number of hydrogen-bond donors (Lipinski definition) is 2. The molecule has 1 unspecified atom stereocenters. The second-order valence-corrected chi connectivity index (χ2v) is 10.8. The van der Waals surface area contributed by atoms with Crippen molar-refractivity contribution in [3.8, 4) is 0 Å². The Morgan fingerprint density at radius 2 is 1.38 bits per heavy atom. The van der Waals surface area contributed by atoms with Crippen molar-refractivity contribution in [3.05, 3.63) is 0 Å². The van der Waals surface area contributed by atoms with Gasteiger partial charge in [0.25, 0.3) is 0 Å². The smallest absolute Gasteiger partial charge is 0.400 e. The second-order valence-electron chi connectivity index (χ2n) is 5.69. The molecule has 0 aromatic rings. The van der Waals surface area contributed by atoms with E-state index in [1.165, 1.54) is 12.8 Å². The highest BCUT2D eigenvalue weighted by atomic mass is 28.4. The average molecular weight is 413 g/mol. The average Bonchev–Trinajstić information content (AvgIpc) is 2.64. The summed E-state index contributed by atoms with van der Waals surface area (Å²) < 4.78 is 27.7. The van der Waals surface area contributed by atoms with Crippen LogP contribution in [0.2, 0.25) is 6.04 Å².